The van der Waals surface area contributed by atoms with Crippen LogP contribution in [0.2, 0.25) is 0 Å². The molecular formula is C25H22N2. The van der Waals surface area contributed by atoms with Gasteiger partial charge in [-0.05, 0) is 19.1 Å². The Morgan fingerprint density at radius 2 is 1.41 bits per heavy atom. The molecule has 0 atom stereocenters. The van der Waals surface area contributed by atoms with Gasteiger partial charge in [0.1, 0.15) is 5.82 Å². The fraction of sp³-hybridized carbons (Fsp3) is 0.0800. The van der Waals surface area contributed by atoms with Crippen molar-refractivity contribution >= 4 is 0 Å². The molecule has 2 heteroatoms. The van der Waals surface area contributed by atoms with E-state index in [1.807, 2.05) is 18.2 Å². The van der Waals surface area contributed by atoms with Crippen LogP contribution >= 0.6 is 0 Å². The largest absolute Gasteiger partial charge is 0.292 e. The van der Waals surface area contributed by atoms with E-state index in [1.54, 1.807) is 0 Å². The van der Waals surface area contributed by atoms with Gasteiger partial charge in [0.25, 0.3) is 0 Å². The van der Waals surface area contributed by atoms with Crippen molar-refractivity contribution in [1.29, 1.82) is 0 Å². The summed E-state index contributed by atoms with van der Waals surface area (Å²) in [4.78, 5) is 5.04. The van der Waals surface area contributed by atoms with Crippen molar-refractivity contribution in [1.82, 2.24) is 9.55 Å². The zero-order valence-corrected chi connectivity index (χ0v) is 15.5. The number of aryl methyl sites for hydroxylation is 1. The summed E-state index contributed by atoms with van der Waals surface area (Å²) in [5.41, 5.74) is 6.78. The van der Waals surface area contributed by atoms with Gasteiger partial charge in [0.15, 0.2) is 0 Å². The van der Waals surface area contributed by atoms with Crippen molar-refractivity contribution in [3.05, 3.63) is 109 Å². The van der Waals surface area contributed by atoms with Crippen LogP contribution in [-0.2, 0) is 6.42 Å². The standard InChI is InChI=1S/C25H22N2/c1-3-10-23-24(20-11-6-4-7-12-20)27(22-17-15-19(2)16-18-22)25(26-23)21-13-8-5-9-14-21/h3-9,11-18H,1,10H2,2H3. The molecular weight excluding hydrogens is 328 g/mol. The predicted molar refractivity (Wildman–Crippen MR) is 113 cm³/mol. The van der Waals surface area contributed by atoms with E-state index in [0.717, 1.165) is 40.4 Å². The van der Waals surface area contributed by atoms with Gasteiger partial charge in [-0.25, -0.2) is 4.98 Å². The highest BCUT2D eigenvalue weighted by atomic mass is 15.1. The fourth-order valence-corrected chi connectivity index (χ4v) is 3.36. The quantitative estimate of drug-likeness (QED) is 0.389. The number of benzene rings is 3. The van der Waals surface area contributed by atoms with Gasteiger partial charge in [-0.15, -0.1) is 6.58 Å². The molecule has 2 nitrogen and oxygen atoms in total. The lowest BCUT2D eigenvalue weighted by molar-refractivity contribution is 1.07. The predicted octanol–water partition coefficient (Wildman–Crippen LogP) is 6.24. The van der Waals surface area contributed by atoms with Crippen LogP contribution < -0.4 is 0 Å². The number of allylic oxidation sites excluding steroid dienone is 1. The van der Waals surface area contributed by atoms with Gasteiger partial charge in [-0.3, -0.25) is 4.57 Å². The molecule has 0 N–H and O–H groups in total. The molecule has 0 amide bonds. The van der Waals surface area contributed by atoms with Gasteiger partial charge in [0, 0.05) is 23.2 Å². The second-order valence-electron chi connectivity index (χ2n) is 6.63. The van der Waals surface area contributed by atoms with Crippen molar-refractivity contribution in [2.24, 2.45) is 0 Å². The summed E-state index contributed by atoms with van der Waals surface area (Å²) in [6.45, 7) is 6.05. The maximum atomic E-state index is 5.04. The summed E-state index contributed by atoms with van der Waals surface area (Å²) in [7, 11) is 0. The lowest BCUT2D eigenvalue weighted by atomic mass is 10.1. The van der Waals surface area contributed by atoms with Crippen LogP contribution in [0.4, 0.5) is 0 Å². The molecule has 0 radical (unpaired) electrons. The number of nitrogens with zero attached hydrogens (tertiary/aromatic N) is 2. The number of imidazole rings is 1. The van der Waals surface area contributed by atoms with Crippen molar-refractivity contribution < 1.29 is 0 Å². The Balaban J connectivity index is 2.05. The summed E-state index contributed by atoms with van der Waals surface area (Å²) < 4.78 is 2.27. The Morgan fingerprint density at radius 3 is 2.00 bits per heavy atom. The second kappa shape index (κ2) is 7.46. The zero-order valence-electron chi connectivity index (χ0n) is 15.5. The highest BCUT2D eigenvalue weighted by Gasteiger charge is 2.20. The Hall–Kier alpha value is -3.39. The van der Waals surface area contributed by atoms with Crippen LogP contribution in [-0.4, -0.2) is 9.55 Å². The van der Waals surface area contributed by atoms with E-state index in [0.29, 0.717) is 0 Å². The molecule has 4 rings (SSSR count). The third-order valence-corrected chi connectivity index (χ3v) is 4.66. The number of aromatic nitrogens is 2. The van der Waals surface area contributed by atoms with E-state index in [-0.39, 0.29) is 0 Å². The monoisotopic (exact) mass is 350 g/mol. The van der Waals surface area contributed by atoms with Crippen LogP contribution in [0.1, 0.15) is 11.3 Å². The first-order valence-electron chi connectivity index (χ1n) is 9.18. The minimum atomic E-state index is 0.725. The van der Waals surface area contributed by atoms with E-state index in [4.69, 9.17) is 4.98 Å². The lowest BCUT2D eigenvalue weighted by Gasteiger charge is -2.14. The Labute approximate surface area is 160 Å². The molecule has 0 unspecified atom stereocenters. The number of hydrogen-bond donors (Lipinski definition) is 0. The van der Waals surface area contributed by atoms with Crippen LogP contribution in [0.25, 0.3) is 28.3 Å². The van der Waals surface area contributed by atoms with Gasteiger partial charge < -0.3 is 0 Å². The molecule has 0 aliphatic rings. The minimum Gasteiger partial charge on any atom is -0.292 e. The number of hydrogen-bond acceptors (Lipinski definition) is 1. The first-order valence-corrected chi connectivity index (χ1v) is 9.18. The van der Waals surface area contributed by atoms with E-state index < -0.39 is 0 Å². The SMILES string of the molecule is C=CCc1nc(-c2ccccc2)n(-c2ccc(C)cc2)c1-c1ccccc1. The topological polar surface area (TPSA) is 17.8 Å². The smallest absolute Gasteiger partial charge is 0.145 e. The third kappa shape index (κ3) is 3.34. The molecule has 132 valence electrons. The summed E-state index contributed by atoms with van der Waals surface area (Å²) in [6, 6.07) is 29.4. The van der Waals surface area contributed by atoms with Gasteiger partial charge in [0.2, 0.25) is 0 Å². The molecule has 4 aromatic rings. The summed E-state index contributed by atoms with van der Waals surface area (Å²) in [5.74, 6) is 0.954. The molecule has 0 aliphatic heterocycles. The molecule has 0 fully saturated rings. The lowest BCUT2D eigenvalue weighted by Crippen LogP contribution is -2.00. The Bertz CT molecular complexity index is 1040. The van der Waals surface area contributed by atoms with Gasteiger partial charge >= 0.3 is 0 Å². The zero-order chi connectivity index (χ0) is 18.6. The van der Waals surface area contributed by atoms with Crippen molar-refractivity contribution in [3.63, 3.8) is 0 Å². The van der Waals surface area contributed by atoms with Crippen molar-refractivity contribution in [3.8, 4) is 28.3 Å². The second-order valence-corrected chi connectivity index (χ2v) is 6.63. The molecule has 1 heterocycles. The van der Waals surface area contributed by atoms with Crippen molar-refractivity contribution in [2.75, 3.05) is 0 Å². The van der Waals surface area contributed by atoms with Gasteiger partial charge in [0.05, 0.1) is 11.4 Å². The van der Waals surface area contributed by atoms with Crippen molar-refractivity contribution in [2.45, 2.75) is 13.3 Å². The fourth-order valence-electron chi connectivity index (χ4n) is 3.36. The molecule has 0 bridgehead atoms. The first kappa shape index (κ1) is 17.0. The summed E-state index contributed by atoms with van der Waals surface area (Å²) >= 11 is 0. The number of rotatable bonds is 5. The first-order chi connectivity index (χ1) is 13.3. The highest BCUT2D eigenvalue weighted by Crippen LogP contribution is 2.33. The maximum absolute atomic E-state index is 5.04. The Kier molecular flexibility index (Phi) is 4.71. The van der Waals surface area contributed by atoms with E-state index in [1.165, 1.54) is 5.56 Å². The molecule has 0 saturated heterocycles. The molecule has 0 saturated carbocycles. The average molecular weight is 350 g/mol. The van der Waals surface area contributed by atoms with Gasteiger partial charge in [-0.2, -0.15) is 0 Å². The highest BCUT2D eigenvalue weighted by molar-refractivity contribution is 5.72. The van der Waals surface area contributed by atoms with E-state index in [2.05, 4.69) is 90.9 Å². The van der Waals surface area contributed by atoms with Crippen LogP contribution in [0, 0.1) is 6.92 Å². The third-order valence-electron chi connectivity index (χ3n) is 4.66. The Morgan fingerprint density at radius 1 is 0.815 bits per heavy atom. The maximum Gasteiger partial charge on any atom is 0.145 e. The van der Waals surface area contributed by atoms with E-state index in [9.17, 15) is 0 Å². The summed E-state index contributed by atoms with van der Waals surface area (Å²) in [6.07, 6.45) is 2.64. The molecule has 0 spiro atoms. The average Bonchev–Trinajstić information content (AvgIpc) is 3.09. The summed E-state index contributed by atoms with van der Waals surface area (Å²) in [5, 5.41) is 0. The molecule has 27 heavy (non-hydrogen) atoms. The van der Waals surface area contributed by atoms with E-state index >= 15 is 0 Å². The molecule has 1 aromatic heterocycles. The molecule has 3 aromatic carbocycles. The van der Waals surface area contributed by atoms with Gasteiger partial charge in [-0.1, -0.05) is 84.4 Å². The van der Waals surface area contributed by atoms with Crippen LogP contribution in [0.5, 0.6) is 0 Å². The van der Waals surface area contributed by atoms with Crippen LogP contribution in [0.3, 0.4) is 0 Å². The van der Waals surface area contributed by atoms with Crippen LogP contribution in [0.15, 0.2) is 97.6 Å². The minimum absolute atomic E-state index is 0.725. The normalized spacial score (nSPS) is 10.7. The molecule has 0 aliphatic carbocycles.